The van der Waals surface area contributed by atoms with Crippen molar-refractivity contribution in [1.82, 2.24) is 9.55 Å². The van der Waals surface area contributed by atoms with Gasteiger partial charge in [0.2, 0.25) is 11.9 Å². The molecular formula is C10H9N3O. The SMILES string of the molecule is O=C1CCNc2nc3ccccc3n21. The smallest absolute Gasteiger partial charge is 0.235 e. The van der Waals surface area contributed by atoms with Crippen LogP contribution < -0.4 is 5.32 Å². The molecule has 2 aromatic rings. The molecule has 1 N–H and O–H groups in total. The maximum Gasteiger partial charge on any atom is 0.235 e. The van der Waals surface area contributed by atoms with Gasteiger partial charge in [0.1, 0.15) is 0 Å². The van der Waals surface area contributed by atoms with Crippen LogP contribution in [0.1, 0.15) is 11.2 Å². The van der Waals surface area contributed by atoms with Gasteiger partial charge in [0.15, 0.2) is 0 Å². The van der Waals surface area contributed by atoms with E-state index in [-0.39, 0.29) is 5.91 Å². The van der Waals surface area contributed by atoms with Crippen LogP contribution in [0.5, 0.6) is 0 Å². The number of imidazole rings is 1. The van der Waals surface area contributed by atoms with Gasteiger partial charge in [-0.3, -0.25) is 4.79 Å². The van der Waals surface area contributed by atoms with Gasteiger partial charge >= 0.3 is 0 Å². The normalized spacial score (nSPS) is 15.3. The summed E-state index contributed by atoms with van der Waals surface area (Å²) in [6.45, 7) is 0.683. The Balaban J connectivity index is 2.39. The number of rotatable bonds is 0. The summed E-state index contributed by atoms with van der Waals surface area (Å²) < 4.78 is 1.65. The lowest BCUT2D eigenvalue weighted by molar-refractivity contribution is 0.0907. The van der Waals surface area contributed by atoms with Crippen LogP contribution >= 0.6 is 0 Å². The van der Waals surface area contributed by atoms with E-state index in [4.69, 9.17) is 0 Å². The summed E-state index contributed by atoms with van der Waals surface area (Å²) in [5.74, 6) is 0.787. The number of carbonyl (C=O) groups is 1. The first-order chi connectivity index (χ1) is 6.86. The Morgan fingerprint density at radius 3 is 3.14 bits per heavy atom. The van der Waals surface area contributed by atoms with Crippen LogP contribution in [0.3, 0.4) is 0 Å². The van der Waals surface area contributed by atoms with Crippen LogP contribution in [0.25, 0.3) is 11.0 Å². The summed E-state index contributed by atoms with van der Waals surface area (Å²) in [5, 5.41) is 3.11. The van der Waals surface area contributed by atoms with Gasteiger partial charge in [-0.1, -0.05) is 12.1 Å². The number of anilines is 1. The minimum absolute atomic E-state index is 0.118. The third-order valence-electron chi connectivity index (χ3n) is 2.43. The molecular weight excluding hydrogens is 178 g/mol. The predicted octanol–water partition coefficient (Wildman–Crippen LogP) is 1.49. The molecule has 0 amide bonds. The van der Waals surface area contributed by atoms with Crippen molar-refractivity contribution in [3.8, 4) is 0 Å². The Morgan fingerprint density at radius 1 is 1.36 bits per heavy atom. The van der Waals surface area contributed by atoms with Gasteiger partial charge in [0.25, 0.3) is 0 Å². The van der Waals surface area contributed by atoms with Gasteiger partial charge in [-0.15, -0.1) is 0 Å². The summed E-state index contributed by atoms with van der Waals surface area (Å²) in [5.41, 5.74) is 1.75. The Kier molecular flexibility index (Phi) is 1.39. The zero-order chi connectivity index (χ0) is 9.54. The van der Waals surface area contributed by atoms with Gasteiger partial charge in [0.05, 0.1) is 11.0 Å². The van der Waals surface area contributed by atoms with Crippen LogP contribution in [0.4, 0.5) is 5.95 Å². The number of carbonyl (C=O) groups excluding carboxylic acids is 1. The molecule has 1 aromatic heterocycles. The predicted molar refractivity (Wildman–Crippen MR) is 53.5 cm³/mol. The van der Waals surface area contributed by atoms with E-state index in [1.807, 2.05) is 24.3 Å². The number of hydrogen-bond acceptors (Lipinski definition) is 3. The summed E-state index contributed by atoms with van der Waals surface area (Å²) in [6.07, 6.45) is 0.535. The second kappa shape index (κ2) is 2.57. The highest BCUT2D eigenvalue weighted by molar-refractivity contribution is 5.95. The van der Waals surface area contributed by atoms with Gasteiger partial charge in [-0.25, -0.2) is 9.55 Å². The molecule has 1 aromatic carbocycles. The Labute approximate surface area is 80.6 Å². The van der Waals surface area contributed by atoms with E-state index in [0.717, 1.165) is 11.0 Å². The highest BCUT2D eigenvalue weighted by atomic mass is 16.2. The number of hydrogen-bond donors (Lipinski definition) is 1. The summed E-state index contributed by atoms with van der Waals surface area (Å²) in [4.78, 5) is 16.0. The molecule has 1 aliphatic rings. The highest BCUT2D eigenvalue weighted by Crippen LogP contribution is 2.22. The highest BCUT2D eigenvalue weighted by Gasteiger charge is 2.19. The zero-order valence-corrected chi connectivity index (χ0v) is 7.53. The summed E-state index contributed by atoms with van der Waals surface area (Å²) in [7, 11) is 0. The molecule has 0 fully saturated rings. The molecule has 70 valence electrons. The number of fused-ring (bicyclic) bond motifs is 3. The molecule has 0 bridgehead atoms. The molecule has 1 aliphatic heterocycles. The lowest BCUT2D eigenvalue weighted by Crippen LogP contribution is -2.24. The molecule has 0 saturated heterocycles. The number of nitrogens with one attached hydrogen (secondary N) is 1. The lowest BCUT2D eigenvalue weighted by atomic mass is 10.3. The maximum absolute atomic E-state index is 11.6. The van der Waals surface area contributed by atoms with E-state index in [1.54, 1.807) is 4.57 Å². The molecule has 0 unspecified atom stereocenters. The minimum Gasteiger partial charge on any atom is -0.355 e. The third-order valence-corrected chi connectivity index (χ3v) is 2.43. The Hall–Kier alpha value is -1.84. The molecule has 4 heteroatoms. The van der Waals surface area contributed by atoms with Crippen molar-refractivity contribution in [3.05, 3.63) is 24.3 Å². The molecule has 0 atom stereocenters. The third kappa shape index (κ3) is 0.878. The average molecular weight is 187 g/mol. The van der Waals surface area contributed by atoms with E-state index in [2.05, 4.69) is 10.3 Å². The fourth-order valence-electron chi connectivity index (χ4n) is 1.79. The van der Waals surface area contributed by atoms with Gasteiger partial charge in [-0.2, -0.15) is 0 Å². The van der Waals surface area contributed by atoms with Crippen molar-refractivity contribution in [2.24, 2.45) is 0 Å². The van der Waals surface area contributed by atoms with Crippen LogP contribution in [0.2, 0.25) is 0 Å². The fraction of sp³-hybridized carbons (Fsp3) is 0.200. The van der Waals surface area contributed by atoms with Gasteiger partial charge < -0.3 is 5.32 Å². The van der Waals surface area contributed by atoms with E-state index in [9.17, 15) is 4.79 Å². The number of benzene rings is 1. The molecule has 0 spiro atoms. The molecule has 2 heterocycles. The standard InChI is InChI=1S/C10H9N3O/c14-9-5-6-11-10-12-7-3-1-2-4-8(7)13(9)10/h1-4H,5-6H2,(H,11,12). The molecule has 0 saturated carbocycles. The summed E-state index contributed by atoms with van der Waals surface area (Å²) in [6, 6.07) is 7.66. The molecule has 14 heavy (non-hydrogen) atoms. The molecule has 0 radical (unpaired) electrons. The largest absolute Gasteiger partial charge is 0.355 e. The maximum atomic E-state index is 11.6. The van der Waals surface area contributed by atoms with Crippen molar-refractivity contribution in [2.45, 2.75) is 6.42 Å². The van der Waals surface area contributed by atoms with E-state index in [1.165, 1.54) is 0 Å². The van der Waals surface area contributed by atoms with Crippen LogP contribution in [0, 0.1) is 0 Å². The Bertz CT molecular complexity index is 515. The first-order valence-electron chi connectivity index (χ1n) is 4.61. The van der Waals surface area contributed by atoms with Crippen LogP contribution in [0.15, 0.2) is 24.3 Å². The van der Waals surface area contributed by atoms with E-state index in [0.29, 0.717) is 18.9 Å². The number of aromatic nitrogens is 2. The number of para-hydroxylation sites is 2. The van der Waals surface area contributed by atoms with Crippen LogP contribution in [-0.2, 0) is 0 Å². The van der Waals surface area contributed by atoms with Gasteiger partial charge in [0, 0.05) is 13.0 Å². The second-order valence-corrected chi connectivity index (χ2v) is 3.33. The van der Waals surface area contributed by atoms with Crippen molar-refractivity contribution in [1.29, 1.82) is 0 Å². The molecule has 0 aliphatic carbocycles. The van der Waals surface area contributed by atoms with E-state index >= 15 is 0 Å². The van der Waals surface area contributed by atoms with E-state index < -0.39 is 0 Å². The van der Waals surface area contributed by atoms with Crippen molar-refractivity contribution in [3.63, 3.8) is 0 Å². The van der Waals surface area contributed by atoms with Gasteiger partial charge in [-0.05, 0) is 12.1 Å². The first-order valence-corrected chi connectivity index (χ1v) is 4.61. The molecule has 4 nitrogen and oxygen atoms in total. The average Bonchev–Trinajstić information content (AvgIpc) is 2.57. The van der Waals surface area contributed by atoms with Crippen molar-refractivity contribution < 1.29 is 4.79 Å². The second-order valence-electron chi connectivity index (χ2n) is 3.33. The Morgan fingerprint density at radius 2 is 2.21 bits per heavy atom. The monoisotopic (exact) mass is 187 g/mol. The molecule has 3 rings (SSSR count). The zero-order valence-electron chi connectivity index (χ0n) is 7.53. The number of nitrogens with zero attached hydrogens (tertiary/aromatic N) is 2. The van der Waals surface area contributed by atoms with Crippen LogP contribution in [-0.4, -0.2) is 22.0 Å². The minimum atomic E-state index is 0.118. The lowest BCUT2D eigenvalue weighted by Gasteiger charge is -2.14. The fourth-order valence-corrected chi connectivity index (χ4v) is 1.79. The quantitative estimate of drug-likeness (QED) is 0.679. The summed E-state index contributed by atoms with van der Waals surface area (Å²) >= 11 is 0. The first kappa shape index (κ1) is 7.55. The van der Waals surface area contributed by atoms with Crippen molar-refractivity contribution in [2.75, 3.05) is 11.9 Å². The topological polar surface area (TPSA) is 46.9 Å². The van der Waals surface area contributed by atoms with Crippen molar-refractivity contribution >= 4 is 22.9 Å².